The lowest BCUT2D eigenvalue weighted by molar-refractivity contribution is 0.384. The summed E-state index contributed by atoms with van der Waals surface area (Å²) in [6.45, 7) is 4.14. The molecule has 1 aromatic heterocycles. The lowest BCUT2D eigenvalue weighted by atomic mass is 10.0. The zero-order chi connectivity index (χ0) is 14.5. The predicted molar refractivity (Wildman–Crippen MR) is 77.2 cm³/mol. The number of hydrogen-bond acceptors (Lipinski definition) is 3. The minimum atomic E-state index is -0.342. The summed E-state index contributed by atoms with van der Waals surface area (Å²) in [6, 6.07) is 9.17. The number of halogens is 1. The van der Waals surface area contributed by atoms with Gasteiger partial charge >= 0.3 is 0 Å². The molecule has 0 radical (unpaired) electrons. The first-order chi connectivity index (χ1) is 9.61. The fraction of sp³-hybridized carbons (Fsp3) is 0.312. The molecule has 4 heteroatoms. The van der Waals surface area contributed by atoms with Gasteiger partial charge in [0.15, 0.2) is 11.6 Å². The molecule has 1 unspecified atom stereocenters. The SMILES string of the molecule is COc1cc(C(C)N[C@@H](C)c2ccncc2)ccc1F. The summed E-state index contributed by atoms with van der Waals surface area (Å²) in [5, 5.41) is 3.48. The Bertz CT molecular complexity index is 560. The lowest BCUT2D eigenvalue weighted by Gasteiger charge is -2.21. The average molecular weight is 274 g/mol. The zero-order valence-corrected chi connectivity index (χ0v) is 11.9. The largest absolute Gasteiger partial charge is 0.494 e. The molecular formula is C16H19FN2O. The van der Waals surface area contributed by atoms with Crippen molar-refractivity contribution >= 4 is 0 Å². The van der Waals surface area contributed by atoms with Crippen LogP contribution in [0, 0.1) is 5.82 Å². The van der Waals surface area contributed by atoms with Crippen molar-refractivity contribution in [3.05, 3.63) is 59.7 Å². The number of nitrogens with zero attached hydrogens (tertiary/aromatic N) is 1. The molecule has 3 nitrogen and oxygen atoms in total. The summed E-state index contributed by atoms with van der Waals surface area (Å²) in [6.07, 6.45) is 3.55. The van der Waals surface area contributed by atoms with Crippen molar-refractivity contribution in [3.8, 4) is 5.75 Å². The van der Waals surface area contributed by atoms with Gasteiger partial charge in [-0.3, -0.25) is 4.98 Å². The topological polar surface area (TPSA) is 34.1 Å². The van der Waals surface area contributed by atoms with Crippen LogP contribution in [0.4, 0.5) is 4.39 Å². The molecule has 0 aliphatic heterocycles. The van der Waals surface area contributed by atoms with Crippen LogP contribution >= 0.6 is 0 Å². The van der Waals surface area contributed by atoms with Crippen LogP contribution in [0.15, 0.2) is 42.7 Å². The van der Waals surface area contributed by atoms with Gasteiger partial charge < -0.3 is 10.1 Å². The molecular weight excluding hydrogens is 255 g/mol. The highest BCUT2D eigenvalue weighted by atomic mass is 19.1. The van der Waals surface area contributed by atoms with Gasteiger partial charge in [0.2, 0.25) is 0 Å². The summed E-state index contributed by atoms with van der Waals surface area (Å²) in [4.78, 5) is 4.01. The average Bonchev–Trinajstić information content (AvgIpc) is 2.48. The van der Waals surface area contributed by atoms with E-state index >= 15 is 0 Å². The monoisotopic (exact) mass is 274 g/mol. The van der Waals surface area contributed by atoms with Gasteiger partial charge in [0.25, 0.3) is 0 Å². The van der Waals surface area contributed by atoms with Crippen LogP contribution in [0.25, 0.3) is 0 Å². The minimum Gasteiger partial charge on any atom is -0.494 e. The highest BCUT2D eigenvalue weighted by Gasteiger charge is 2.13. The molecule has 1 N–H and O–H groups in total. The third-order valence-electron chi connectivity index (χ3n) is 3.38. The number of ether oxygens (including phenoxy) is 1. The molecule has 2 rings (SSSR count). The first-order valence-corrected chi connectivity index (χ1v) is 6.61. The van der Waals surface area contributed by atoms with Crippen molar-refractivity contribution in [3.63, 3.8) is 0 Å². The molecule has 0 saturated carbocycles. The molecule has 0 spiro atoms. The maximum atomic E-state index is 13.4. The van der Waals surface area contributed by atoms with Crippen LogP contribution in [-0.4, -0.2) is 12.1 Å². The Kier molecular flexibility index (Phi) is 4.69. The van der Waals surface area contributed by atoms with E-state index in [9.17, 15) is 4.39 Å². The number of benzene rings is 1. The van der Waals surface area contributed by atoms with Gasteiger partial charge in [-0.25, -0.2) is 4.39 Å². The quantitative estimate of drug-likeness (QED) is 0.903. The van der Waals surface area contributed by atoms with Crippen LogP contribution in [0.2, 0.25) is 0 Å². The minimum absolute atomic E-state index is 0.0904. The fourth-order valence-electron chi connectivity index (χ4n) is 2.17. The molecule has 2 atom stereocenters. The number of pyridine rings is 1. The Balaban J connectivity index is 2.10. The summed E-state index contributed by atoms with van der Waals surface area (Å²) in [5.41, 5.74) is 2.16. The predicted octanol–water partition coefficient (Wildman–Crippen LogP) is 3.64. The van der Waals surface area contributed by atoms with Crippen LogP contribution in [-0.2, 0) is 0 Å². The van der Waals surface area contributed by atoms with E-state index in [1.54, 1.807) is 24.5 Å². The third kappa shape index (κ3) is 3.33. The maximum Gasteiger partial charge on any atom is 0.165 e. The lowest BCUT2D eigenvalue weighted by Crippen LogP contribution is -2.22. The second-order valence-corrected chi connectivity index (χ2v) is 4.78. The molecule has 106 valence electrons. The Morgan fingerprint density at radius 3 is 2.35 bits per heavy atom. The molecule has 0 saturated heterocycles. The maximum absolute atomic E-state index is 13.4. The number of nitrogens with one attached hydrogen (secondary N) is 1. The summed E-state index contributed by atoms with van der Waals surface area (Å²) >= 11 is 0. The molecule has 0 amide bonds. The van der Waals surface area contributed by atoms with Crippen molar-refractivity contribution in [1.82, 2.24) is 10.3 Å². The third-order valence-corrected chi connectivity index (χ3v) is 3.38. The van der Waals surface area contributed by atoms with E-state index in [0.29, 0.717) is 0 Å². The van der Waals surface area contributed by atoms with Crippen molar-refractivity contribution in [2.75, 3.05) is 7.11 Å². The molecule has 20 heavy (non-hydrogen) atoms. The highest BCUT2D eigenvalue weighted by molar-refractivity contribution is 5.32. The summed E-state index contributed by atoms with van der Waals surface area (Å²) in [7, 11) is 1.47. The zero-order valence-electron chi connectivity index (χ0n) is 11.9. The van der Waals surface area contributed by atoms with Gasteiger partial charge in [-0.15, -0.1) is 0 Å². The van der Waals surface area contributed by atoms with Gasteiger partial charge in [-0.1, -0.05) is 6.07 Å². The van der Waals surface area contributed by atoms with Gasteiger partial charge in [-0.05, 0) is 49.2 Å². The summed E-state index contributed by atoms with van der Waals surface area (Å²) in [5.74, 6) is -0.0710. The van der Waals surface area contributed by atoms with Crippen LogP contribution < -0.4 is 10.1 Å². The molecule has 1 aromatic carbocycles. The Morgan fingerprint density at radius 2 is 1.70 bits per heavy atom. The normalized spacial score (nSPS) is 13.8. The second-order valence-electron chi connectivity index (χ2n) is 4.78. The van der Waals surface area contributed by atoms with Gasteiger partial charge in [0.05, 0.1) is 7.11 Å². The number of methoxy groups -OCH3 is 1. The van der Waals surface area contributed by atoms with Crippen LogP contribution in [0.5, 0.6) is 5.75 Å². The van der Waals surface area contributed by atoms with Crippen molar-refractivity contribution in [2.45, 2.75) is 25.9 Å². The Labute approximate surface area is 118 Å². The van der Waals surface area contributed by atoms with E-state index in [2.05, 4.69) is 17.2 Å². The number of rotatable bonds is 5. The van der Waals surface area contributed by atoms with Gasteiger partial charge in [-0.2, -0.15) is 0 Å². The molecule has 0 bridgehead atoms. The molecule has 0 fully saturated rings. The first kappa shape index (κ1) is 14.5. The van der Waals surface area contributed by atoms with Crippen molar-refractivity contribution < 1.29 is 9.13 Å². The van der Waals surface area contributed by atoms with Crippen LogP contribution in [0.1, 0.15) is 37.1 Å². The molecule has 0 aliphatic carbocycles. The molecule has 1 heterocycles. The fourth-order valence-corrected chi connectivity index (χ4v) is 2.17. The van der Waals surface area contributed by atoms with E-state index in [0.717, 1.165) is 5.56 Å². The Hall–Kier alpha value is -1.94. The van der Waals surface area contributed by atoms with E-state index in [1.807, 2.05) is 19.1 Å². The standard InChI is InChI=1S/C16H19FN2O/c1-11(13-6-8-18-9-7-13)19-12(2)14-4-5-15(17)16(10-14)20-3/h4-12,19H,1-3H3/t11-,12?/m0/s1. The van der Waals surface area contributed by atoms with E-state index in [4.69, 9.17) is 4.74 Å². The molecule has 0 aliphatic rings. The Morgan fingerprint density at radius 1 is 1.05 bits per heavy atom. The smallest absolute Gasteiger partial charge is 0.165 e. The number of hydrogen-bond donors (Lipinski definition) is 1. The highest BCUT2D eigenvalue weighted by Crippen LogP contribution is 2.24. The number of aromatic nitrogens is 1. The van der Waals surface area contributed by atoms with Gasteiger partial charge in [0.1, 0.15) is 0 Å². The van der Waals surface area contributed by atoms with Crippen molar-refractivity contribution in [1.29, 1.82) is 0 Å². The van der Waals surface area contributed by atoms with Crippen LogP contribution in [0.3, 0.4) is 0 Å². The van der Waals surface area contributed by atoms with E-state index in [1.165, 1.54) is 18.7 Å². The van der Waals surface area contributed by atoms with Gasteiger partial charge in [0, 0.05) is 24.5 Å². The van der Waals surface area contributed by atoms with Crippen molar-refractivity contribution in [2.24, 2.45) is 0 Å². The summed E-state index contributed by atoms with van der Waals surface area (Å²) < 4.78 is 18.4. The second kappa shape index (κ2) is 6.48. The van der Waals surface area contributed by atoms with E-state index in [-0.39, 0.29) is 23.7 Å². The first-order valence-electron chi connectivity index (χ1n) is 6.61. The molecule has 2 aromatic rings. The van der Waals surface area contributed by atoms with E-state index < -0.39 is 0 Å².